The molecule has 1 amide bonds. The van der Waals surface area contributed by atoms with Gasteiger partial charge in [-0.05, 0) is 57.1 Å². The highest BCUT2D eigenvalue weighted by Crippen LogP contribution is 2.25. The third-order valence-electron chi connectivity index (χ3n) is 4.93. The molecule has 1 saturated heterocycles. The van der Waals surface area contributed by atoms with Gasteiger partial charge in [-0.3, -0.25) is 4.79 Å². The van der Waals surface area contributed by atoms with Crippen molar-refractivity contribution in [3.05, 3.63) is 46.9 Å². The number of likely N-dealkylation sites (N-methyl/N-ethyl adjacent to an activating group) is 1. The van der Waals surface area contributed by atoms with Gasteiger partial charge in [0.05, 0.1) is 5.56 Å². The van der Waals surface area contributed by atoms with Gasteiger partial charge in [-0.2, -0.15) is 0 Å². The third-order valence-corrected chi connectivity index (χ3v) is 4.93. The normalized spacial score (nSPS) is 15.4. The predicted octanol–water partition coefficient (Wildman–Crippen LogP) is 3.60. The average Bonchev–Trinajstić information content (AvgIpc) is 2.95. The van der Waals surface area contributed by atoms with Crippen LogP contribution in [0.4, 0.5) is 11.4 Å². The van der Waals surface area contributed by atoms with Crippen molar-refractivity contribution >= 4 is 17.3 Å². The Morgan fingerprint density at radius 1 is 1.12 bits per heavy atom. The zero-order valence-corrected chi connectivity index (χ0v) is 15.6. The van der Waals surface area contributed by atoms with Crippen molar-refractivity contribution in [2.24, 2.45) is 0 Å². The second-order valence-electron chi connectivity index (χ2n) is 6.70. The molecule has 0 unspecified atom stereocenters. The first-order valence-electron chi connectivity index (χ1n) is 8.94. The third kappa shape index (κ3) is 3.87. The largest absolute Gasteiger partial charge is 0.466 e. The summed E-state index contributed by atoms with van der Waals surface area (Å²) in [6.07, 6.45) is 0. The van der Waals surface area contributed by atoms with Crippen LogP contribution in [-0.4, -0.2) is 43.5 Å². The van der Waals surface area contributed by atoms with E-state index < -0.39 is 0 Å². The lowest BCUT2D eigenvalue weighted by Gasteiger charge is -2.35. The molecule has 1 fully saturated rings. The summed E-state index contributed by atoms with van der Waals surface area (Å²) in [5.74, 6) is 1.28. The van der Waals surface area contributed by atoms with E-state index in [2.05, 4.69) is 34.2 Å². The number of rotatable bonds is 4. The number of carbonyl (C=O) groups excluding carboxylic acids is 1. The van der Waals surface area contributed by atoms with Crippen molar-refractivity contribution in [3.63, 3.8) is 0 Å². The van der Waals surface area contributed by atoms with Crippen LogP contribution in [0, 0.1) is 20.8 Å². The molecule has 2 aromatic rings. The number of carbonyl (C=O) groups is 1. The van der Waals surface area contributed by atoms with Crippen LogP contribution in [0.5, 0.6) is 0 Å². The monoisotopic (exact) mass is 341 g/mol. The fourth-order valence-corrected chi connectivity index (χ4v) is 3.35. The SMILES string of the molecule is CCN1CCN(c2ccc(NC(=O)c3cc(C)oc3C)c(C)c2)CC1. The van der Waals surface area contributed by atoms with Crippen molar-refractivity contribution in [2.45, 2.75) is 27.7 Å². The maximum atomic E-state index is 12.5. The van der Waals surface area contributed by atoms with Crippen molar-refractivity contribution in [3.8, 4) is 0 Å². The lowest BCUT2D eigenvalue weighted by molar-refractivity contribution is 0.102. The van der Waals surface area contributed by atoms with E-state index in [4.69, 9.17) is 4.42 Å². The first kappa shape index (κ1) is 17.5. The van der Waals surface area contributed by atoms with Crippen LogP contribution in [0.2, 0.25) is 0 Å². The summed E-state index contributed by atoms with van der Waals surface area (Å²) < 4.78 is 5.45. The Labute approximate surface area is 149 Å². The minimum Gasteiger partial charge on any atom is -0.466 e. The quantitative estimate of drug-likeness (QED) is 0.923. The second-order valence-corrected chi connectivity index (χ2v) is 6.70. The van der Waals surface area contributed by atoms with Crippen LogP contribution in [0.3, 0.4) is 0 Å². The van der Waals surface area contributed by atoms with E-state index >= 15 is 0 Å². The first-order valence-corrected chi connectivity index (χ1v) is 8.94. The number of aryl methyl sites for hydroxylation is 3. The molecule has 0 radical (unpaired) electrons. The number of hydrogen-bond acceptors (Lipinski definition) is 4. The molecule has 1 N–H and O–H groups in total. The molecule has 5 heteroatoms. The second kappa shape index (κ2) is 7.31. The molecule has 0 bridgehead atoms. The molecule has 1 aliphatic heterocycles. The van der Waals surface area contributed by atoms with Crippen LogP contribution in [0.15, 0.2) is 28.7 Å². The lowest BCUT2D eigenvalue weighted by atomic mass is 10.1. The molecule has 1 aromatic heterocycles. The van der Waals surface area contributed by atoms with E-state index in [9.17, 15) is 4.79 Å². The number of furan rings is 1. The Bertz CT molecular complexity index is 758. The summed E-state index contributed by atoms with van der Waals surface area (Å²) in [6, 6.07) is 8.03. The molecule has 0 spiro atoms. The molecular formula is C20H27N3O2. The van der Waals surface area contributed by atoms with Gasteiger partial charge in [-0.15, -0.1) is 0 Å². The number of piperazine rings is 1. The van der Waals surface area contributed by atoms with Crippen LogP contribution in [-0.2, 0) is 0 Å². The molecule has 5 nitrogen and oxygen atoms in total. The van der Waals surface area contributed by atoms with Crippen LogP contribution >= 0.6 is 0 Å². The maximum Gasteiger partial charge on any atom is 0.259 e. The number of benzene rings is 1. The summed E-state index contributed by atoms with van der Waals surface area (Å²) in [5, 5.41) is 3.00. The predicted molar refractivity (Wildman–Crippen MR) is 102 cm³/mol. The Morgan fingerprint density at radius 2 is 1.84 bits per heavy atom. The Balaban J connectivity index is 1.70. The van der Waals surface area contributed by atoms with Crippen molar-refractivity contribution in [1.29, 1.82) is 0 Å². The molecule has 0 aliphatic carbocycles. The fraction of sp³-hybridized carbons (Fsp3) is 0.450. The molecular weight excluding hydrogens is 314 g/mol. The van der Waals surface area contributed by atoms with E-state index in [0.717, 1.165) is 49.7 Å². The standard InChI is InChI=1S/C20H27N3O2/c1-5-22-8-10-23(11-9-22)17-6-7-19(14(2)12-17)21-20(24)18-13-15(3)25-16(18)4/h6-7,12-13H,5,8-11H2,1-4H3,(H,21,24). The summed E-state index contributed by atoms with van der Waals surface area (Å²) in [7, 11) is 0. The van der Waals surface area contributed by atoms with Crippen molar-refractivity contribution in [1.82, 2.24) is 4.90 Å². The van der Waals surface area contributed by atoms with E-state index in [0.29, 0.717) is 11.3 Å². The minimum atomic E-state index is -0.123. The van der Waals surface area contributed by atoms with Gasteiger partial charge in [0.15, 0.2) is 0 Å². The molecule has 1 aliphatic rings. The summed E-state index contributed by atoms with van der Waals surface area (Å²) >= 11 is 0. The summed E-state index contributed by atoms with van der Waals surface area (Å²) in [6.45, 7) is 13.3. The molecule has 0 atom stereocenters. The number of amides is 1. The summed E-state index contributed by atoms with van der Waals surface area (Å²) in [5.41, 5.74) is 3.74. The van der Waals surface area contributed by atoms with Gasteiger partial charge in [0.1, 0.15) is 11.5 Å². The van der Waals surface area contributed by atoms with Crippen LogP contribution < -0.4 is 10.2 Å². The topological polar surface area (TPSA) is 48.7 Å². The number of hydrogen-bond donors (Lipinski definition) is 1. The Morgan fingerprint density at radius 3 is 2.40 bits per heavy atom. The number of nitrogens with one attached hydrogen (secondary N) is 1. The smallest absolute Gasteiger partial charge is 0.259 e. The average molecular weight is 341 g/mol. The first-order chi connectivity index (χ1) is 12.0. The highest BCUT2D eigenvalue weighted by Gasteiger charge is 2.18. The van der Waals surface area contributed by atoms with Crippen molar-refractivity contribution < 1.29 is 9.21 Å². The van der Waals surface area contributed by atoms with Gasteiger partial charge in [0.25, 0.3) is 5.91 Å². The van der Waals surface area contributed by atoms with Crippen molar-refractivity contribution in [2.75, 3.05) is 42.9 Å². The van der Waals surface area contributed by atoms with Gasteiger partial charge in [0.2, 0.25) is 0 Å². The summed E-state index contributed by atoms with van der Waals surface area (Å²) in [4.78, 5) is 17.3. The number of anilines is 2. The van der Waals surface area contributed by atoms with Crippen LogP contribution in [0.25, 0.3) is 0 Å². The van der Waals surface area contributed by atoms with E-state index in [1.54, 1.807) is 6.07 Å². The fourth-order valence-electron chi connectivity index (χ4n) is 3.35. The van der Waals surface area contributed by atoms with Gasteiger partial charge in [-0.25, -0.2) is 0 Å². The molecule has 3 rings (SSSR count). The highest BCUT2D eigenvalue weighted by molar-refractivity contribution is 6.05. The lowest BCUT2D eigenvalue weighted by Crippen LogP contribution is -2.46. The Kier molecular flexibility index (Phi) is 5.13. The Hall–Kier alpha value is -2.27. The number of nitrogens with zero attached hydrogens (tertiary/aromatic N) is 2. The molecule has 134 valence electrons. The zero-order chi connectivity index (χ0) is 18.0. The van der Waals surface area contributed by atoms with Gasteiger partial charge < -0.3 is 19.5 Å². The van der Waals surface area contributed by atoms with E-state index in [1.165, 1.54) is 5.69 Å². The minimum absolute atomic E-state index is 0.123. The zero-order valence-electron chi connectivity index (χ0n) is 15.6. The molecule has 0 saturated carbocycles. The van der Waals surface area contributed by atoms with E-state index in [-0.39, 0.29) is 5.91 Å². The van der Waals surface area contributed by atoms with Gasteiger partial charge in [0, 0.05) is 37.6 Å². The van der Waals surface area contributed by atoms with Gasteiger partial charge in [-0.1, -0.05) is 6.92 Å². The molecule has 25 heavy (non-hydrogen) atoms. The van der Waals surface area contributed by atoms with E-state index in [1.807, 2.05) is 26.8 Å². The van der Waals surface area contributed by atoms with Crippen LogP contribution in [0.1, 0.15) is 34.4 Å². The molecule has 1 aromatic carbocycles. The maximum absolute atomic E-state index is 12.5. The molecule has 2 heterocycles. The highest BCUT2D eigenvalue weighted by atomic mass is 16.3. The van der Waals surface area contributed by atoms with Gasteiger partial charge >= 0.3 is 0 Å².